The molecule has 0 aliphatic carbocycles. The number of fused-ring (bicyclic) bond motifs is 1. The largest absolute Gasteiger partial charge is 0.262 e. The smallest absolute Gasteiger partial charge is 0.157 e. The average Bonchev–Trinajstić information content (AvgIpc) is 2.77. The van der Waals surface area contributed by atoms with Crippen molar-refractivity contribution in [3.05, 3.63) is 58.6 Å². The molecule has 0 fully saturated rings. The fraction of sp³-hybridized carbons (Fsp3) is 0. The SMILES string of the molecule is O=S(c1ccccc1)n1cc(I)c2ccncc21. The van der Waals surface area contributed by atoms with E-state index in [-0.39, 0.29) is 0 Å². The van der Waals surface area contributed by atoms with Gasteiger partial charge < -0.3 is 0 Å². The maximum atomic E-state index is 12.5. The molecule has 2 heterocycles. The van der Waals surface area contributed by atoms with Crippen LogP contribution in [0.4, 0.5) is 0 Å². The molecule has 0 N–H and O–H groups in total. The molecule has 0 saturated carbocycles. The van der Waals surface area contributed by atoms with Crippen LogP contribution in [0, 0.1) is 3.57 Å². The van der Waals surface area contributed by atoms with Crippen molar-refractivity contribution in [1.29, 1.82) is 0 Å². The maximum absolute atomic E-state index is 12.5. The number of pyridine rings is 1. The van der Waals surface area contributed by atoms with Crippen LogP contribution in [0.2, 0.25) is 0 Å². The Labute approximate surface area is 121 Å². The summed E-state index contributed by atoms with van der Waals surface area (Å²) in [6.07, 6.45) is 5.40. The molecule has 0 aliphatic heterocycles. The lowest BCUT2D eigenvalue weighted by Gasteiger charge is -2.04. The molecule has 0 bridgehead atoms. The van der Waals surface area contributed by atoms with Crippen molar-refractivity contribution in [2.45, 2.75) is 4.90 Å². The summed E-state index contributed by atoms with van der Waals surface area (Å²) >= 11 is 2.25. The zero-order chi connectivity index (χ0) is 12.5. The topological polar surface area (TPSA) is 34.9 Å². The first-order chi connectivity index (χ1) is 8.77. The average molecular weight is 368 g/mol. The highest BCUT2D eigenvalue weighted by Gasteiger charge is 2.12. The van der Waals surface area contributed by atoms with Gasteiger partial charge in [-0.3, -0.25) is 8.96 Å². The molecule has 3 rings (SSSR count). The molecule has 18 heavy (non-hydrogen) atoms. The molecule has 0 saturated heterocycles. The third kappa shape index (κ3) is 1.97. The van der Waals surface area contributed by atoms with Crippen LogP contribution in [0.15, 0.2) is 59.9 Å². The molecular formula is C13H9IN2OS. The molecule has 0 spiro atoms. The molecule has 3 aromatic rings. The predicted molar refractivity (Wildman–Crippen MR) is 80.7 cm³/mol. The van der Waals surface area contributed by atoms with E-state index in [1.54, 1.807) is 16.4 Å². The van der Waals surface area contributed by atoms with Crippen LogP contribution < -0.4 is 0 Å². The summed E-state index contributed by atoms with van der Waals surface area (Å²) in [5, 5.41) is 1.08. The van der Waals surface area contributed by atoms with Crippen molar-refractivity contribution in [3.63, 3.8) is 0 Å². The summed E-state index contributed by atoms with van der Waals surface area (Å²) < 4.78 is 15.4. The van der Waals surface area contributed by atoms with Crippen LogP contribution >= 0.6 is 22.6 Å². The third-order valence-corrected chi connectivity index (χ3v) is 4.84. The molecule has 1 atom stereocenters. The molecular weight excluding hydrogens is 359 g/mol. The molecule has 3 nitrogen and oxygen atoms in total. The van der Waals surface area contributed by atoms with Crippen LogP contribution in [0.5, 0.6) is 0 Å². The van der Waals surface area contributed by atoms with Crippen molar-refractivity contribution in [1.82, 2.24) is 8.96 Å². The summed E-state index contributed by atoms with van der Waals surface area (Å²) in [6.45, 7) is 0. The number of hydrogen-bond donors (Lipinski definition) is 0. The summed E-state index contributed by atoms with van der Waals surface area (Å²) in [7, 11) is -1.23. The monoisotopic (exact) mass is 368 g/mol. The highest BCUT2D eigenvalue weighted by molar-refractivity contribution is 14.1. The Hall–Kier alpha value is -1.21. The van der Waals surface area contributed by atoms with Gasteiger partial charge in [0.15, 0.2) is 11.0 Å². The van der Waals surface area contributed by atoms with Gasteiger partial charge in [0.25, 0.3) is 0 Å². The lowest BCUT2D eigenvalue weighted by atomic mass is 10.3. The quantitative estimate of drug-likeness (QED) is 0.651. The van der Waals surface area contributed by atoms with E-state index < -0.39 is 11.0 Å². The summed E-state index contributed by atoms with van der Waals surface area (Å²) in [5.74, 6) is 0. The van der Waals surface area contributed by atoms with Gasteiger partial charge in [0.2, 0.25) is 0 Å². The molecule has 2 aromatic heterocycles. The second-order valence-electron chi connectivity index (χ2n) is 3.76. The zero-order valence-corrected chi connectivity index (χ0v) is 12.3. The summed E-state index contributed by atoms with van der Waals surface area (Å²) in [4.78, 5) is 4.89. The van der Waals surface area contributed by atoms with Gasteiger partial charge in [0.05, 0.1) is 16.6 Å². The number of nitrogens with zero attached hydrogens (tertiary/aromatic N) is 2. The van der Waals surface area contributed by atoms with Crippen LogP contribution in [-0.4, -0.2) is 13.2 Å². The Kier molecular flexibility index (Phi) is 3.17. The first kappa shape index (κ1) is 11.9. The van der Waals surface area contributed by atoms with Crippen molar-refractivity contribution >= 4 is 44.5 Å². The van der Waals surface area contributed by atoms with E-state index in [2.05, 4.69) is 27.6 Å². The predicted octanol–water partition coefficient (Wildman–Crippen LogP) is 3.21. The van der Waals surface area contributed by atoms with Crippen molar-refractivity contribution in [2.24, 2.45) is 0 Å². The van der Waals surface area contributed by atoms with Gasteiger partial charge in [-0.25, -0.2) is 4.21 Å². The number of rotatable bonds is 2. The van der Waals surface area contributed by atoms with Crippen molar-refractivity contribution in [3.8, 4) is 0 Å². The van der Waals surface area contributed by atoms with Crippen LogP contribution in [0.1, 0.15) is 0 Å². The Morgan fingerprint density at radius 1 is 1.17 bits per heavy atom. The molecule has 5 heteroatoms. The van der Waals surface area contributed by atoms with Gasteiger partial charge >= 0.3 is 0 Å². The number of benzene rings is 1. The van der Waals surface area contributed by atoms with Gasteiger partial charge in [-0.1, -0.05) is 18.2 Å². The van der Waals surface area contributed by atoms with Crippen LogP contribution in [0.25, 0.3) is 10.9 Å². The maximum Gasteiger partial charge on any atom is 0.157 e. The molecule has 0 aliphatic rings. The normalized spacial score (nSPS) is 12.7. The minimum absolute atomic E-state index is 0.787. The number of hydrogen-bond acceptors (Lipinski definition) is 2. The number of halogens is 1. The van der Waals surface area contributed by atoms with E-state index >= 15 is 0 Å². The highest BCUT2D eigenvalue weighted by Crippen LogP contribution is 2.24. The second kappa shape index (κ2) is 4.81. The fourth-order valence-corrected chi connectivity index (χ4v) is 3.86. The van der Waals surface area contributed by atoms with E-state index in [4.69, 9.17) is 0 Å². The van der Waals surface area contributed by atoms with Crippen molar-refractivity contribution < 1.29 is 4.21 Å². The minimum atomic E-state index is -1.23. The zero-order valence-electron chi connectivity index (χ0n) is 9.29. The lowest BCUT2D eigenvalue weighted by Crippen LogP contribution is -2.03. The standard InChI is InChI=1S/C13H9IN2OS/c14-12-9-16(13-8-15-7-6-11(12)13)18(17)10-4-2-1-3-5-10/h1-9H. The van der Waals surface area contributed by atoms with Gasteiger partial charge in [-0.15, -0.1) is 0 Å². The lowest BCUT2D eigenvalue weighted by molar-refractivity contribution is 0.678. The van der Waals surface area contributed by atoms with Gasteiger partial charge in [-0.2, -0.15) is 0 Å². The van der Waals surface area contributed by atoms with Crippen LogP contribution in [0.3, 0.4) is 0 Å². The van der Waals surface area contributed by atoms with Gasteiger partial charge in [0.1, 0.15) is 0 Å². The first-order valence-electron chi connectivity index (χ1n) is 5.35. The molecule has 0 radical (unpaired) electrons. The van der Waals surface area contributed by atoms with E-state index in [0.29, 0.717) is 0 Å². The van der Waals surface area contributed by atoms with E-state index in [9.17, 15) is 4.21 Å². The van der Waals surface area contributed by atoms with E-state index in [1.807, 2.05) is 42.6 Å². The number of aromatic nitrogens is 2. The molecule has 1 unspecified atom stereocenters. The van der Waals surface area contributed by atoms with Crippen LogP contribution in [-0.2, 0) is 11.0 Å². The second-order valence-corrected chi connectivity index (χ2v) is 6.28. The van der Waals surface area contributed by atoms with Gasteiger partial charge in [-0.05, 0) is 40.8 Å². The Morgan fingerprint density at radius 2 is 1.94 bits per heavy atom. The first-order valence-corrected chi connectivity index (χ1v) is 7.54. The Bertz CT molecular complexity index is 724. The highest BCUT2D eigenvalue weighted by atomic mass is 127. The van der Waals surface area contributed by atoms with E-state index in [0.717, 1.165) is 19.4 Å². The van der Waals surface area contributed by atoms with Gasteiger partial charge in [0, 0.05) is 21.4 Å². The summed E-state index contributed by atoms with van der Waals surface area (Å²) in [6, 6.07) is 11.4. The fourth-order valence-electron chi connectivity index (χ4n) is 1.79. The Balaban J connectivity index is 2.19. The van der Waals surface area contributed by atoms with Crippen molar-refractivity contribution in [2.75, 3.05) is 0 Å². The molecule has 0 amide bonds. The Morgan fingerprint density at radius 3 is 2.72 bits per heavy atom. The third-order valence-electron chi connectivity index (χ3n) is 2.65. The molecule has 90 valence electrons. The summed E-state index contributed by atoms with van der Waals surface area (Å²) in [5.41, 5.74) is 0.893. The molecule has 1 aromatic carbocycles. The van der Waals surface area contributed by atoms with E-state index in [1.165, 1.54) is 0 Å². The minimum Gasteiger partial charge on any atom is -0.262 e.